The van der Waals surface area contributed by atoms with Gasteiger partial charge in [0, 0.05) is 0 Å². The average Bonchev–Trinajstić information content (AvgIpc) is 1.81. The van der Waals surface area contributed by atoms with E-state index >= 15 is 0 Å². The molecule has 0 spiro atoms. The number of hydrogen-bond donors (Lipinski definition) is 2. The molecule has 78 valence electrons. The first-order valence-electron chi connectivity index (χ1n) is 3.67. The molecule has 1 unspecified atom stereocenters. The van der Waals surface area contributed by atoms with E-state index in [9.17, 15) is 9.36 Å². The van der Waals surface area contributed by atoms with E-state index < -0.39 is 20.1 Å². The molecule has 0 heterocycles. The van der Waals surface area contributed by atoms with Crippen molar-refractivity contribution in [1.29, 1.82) is 0 Å². The van der Waals surface area contributed by atoms with Gasteiger partial charge in [-0.1, -0.05) is 13.8 Å². The molecule has 0 saturated heterocycles. The summed E-state index contributed by atoms with van der Waals surface area (Å²) in [6.07, 6.45) is -1.24. The van der Waals surface area contributed by atoms with Crippen LogP contribution in [0.2, 0.25) is 0 Å². The normalized spacial score (nSPS) is 14.3. The van der Waals surface area contributed by atoms with Gasteiger partial charge in [0.2, 0.25) is 6.29 Å². The number of esters is 1. The summed E-state index contributed by atoms with van der Waals surface area (Å²) >= 11 is 0. The molecule has 0 aliphatic rings. The monoisotopic (exact) mass is 212 g/mol. The van der Waals surface area contributed by atoms with E-state index in [1.807, 2.05) is 0 Å². The van der Waals surface area contributed by atoms with Crippen LogP contribution in [0, 0.1) is 5.92 Å². The molecule has 1 atom stereocenters. The first-order valence-corrected chi connectivity index (χ1v) is 5.20. The zero-order chi connectivity index (χ0) is 10.6. The van der Waals surface area contributed by atoms with Crippen LogP contribution in [0.4, 0.5) is 0 Å². The van der Waals surface area contributed by atoms with Gasteiger partial charge in [0.1, 0.15) is 0 Å². The fraction of sp³-hybridized carbons (Fsp3) is 0.833. The van der Waals surface area contributed by atoms with Crippen molar-refractivity contribution in [3.8, 4) is 0 Å². The third-order valence-electron chi connectivity index (χ3n) is 1.04. The van der Waals surface area contributed by atoms with Gasteiger partial charge >= 0.3 is 13.8 Å². The van der Waals surface area contributed by atoms with Crippen LogP contribution in [0.3, 0.4) is 0 Å². The number of phosphoric ester groups is 1. The molecule has 0 aromatic rings. The number of carbonyl (C=O) groups excluding carboxylic acids is 1. The maximum Gasteiger partial charge on any atom is 0.472 e. The van der Waals surface area contributed by atoms with Crippen LogP contribution in [0.5, 0.6) is 0 Å². The van der Waals surface area contributed by atoms with E-state index in [1.165, 1.54) is 6.92 Å². The third kappa shape index (κ3) is 6.72. The van der Waals surface area contributed by atoms with Crippen molar-refractivity contribution in [3.63, 3.8) is 0 Å². The maximum absolute atomic E-state index is 10.9. The lowest BCUT2D eigenvalue weighted by Gasteiger charge is -2.15. The highest BCUT2D eigenvalue weighted by molar-refractivity contribution is 7.46. The lowest BCUT2D eigenvalue weighted by molar-refractivity contribution is -0.166. The summed E-state index contributed by atoms with van der Waals surface area (Å²) in [6, 6.07) is 0. The highest BCUT2D eigenvalue weighted by atomic mass is 31.2. The summed E-state index contributed by atoms with van der Waals surface area (Å²) in [5.74, 6) is -0.927. The highest BCUT2D eigenvalue weighted by Crippen LogP contribution is 2.37. The van der Waals surface area contributed by atoms with E-state index in [1.54, 1.807) is 13.8 Å². The Hall–Kier alpha value is -0.420. The minimum Gasteiger partial charge on any atom is -0.435 e. The largest absolute Gasteiger partial charge is 0.472 e. The van der Waals surface area contributed by atoms with E-state index in [-0.39, 0.29) is 5.92 Å². The van der Waals surface area contributed by atoms with Crippen LogP contribution in [-0.2, 0) is 18.6 Å². The lowest BCUT2D eigenvalue weighted by atomic mass is 10.2. The quantitative estimate of drug-likeness (QED) is 0.403. The second-order valence-electron chi connectivity index (χ2n) is 2.76. The van der Waals surface area contributed by atoms with Crippen LogP contribution >= 0.6 is 7.82 Å². The van der Waals surface area contributed by atoms with Gasteiger partial charge < -0.3 is 14.5 Å². The molecule has 0 radical (unpaired) electrons. The van der Waals surface area contributed by atoms with Crippen LogP contribution in [0.15, 0.2) is 0 Å². The Labute approximate surface area is 76.1 Å². The SMILES string of the molecule is CC(OC(=O)C(C)C)OP(=O)(O)O. The van der Waals surface area contributed by atoms with Crippen molar-refractivity contribution in [2.24, 2.45) is 5.92 Å². The summed E-state index contributed by atoms with van der Waals surface area (Å²) < 4.78 is 18.9. The molecule has 0 aromatic heterocycles. The molecular formula is C6H13O6P. The highest BCUT2D eigenvalue weighted by Gasteiger charge is 2.22. The molecule has 13 heavy (non-hydrogen) atoms. The number of ether oxygens (including phenoxy) is 1. The Bertz CT molecular complexity index is 219. The number of hydrogen-bond acceptors (Lipinski definition) is 4. The first-order chi connectivity index (χ1) is 5.72. The molecule has 0 aliphatic carbocycles. The van der Waals surface area contributed by atoms with Crippen molar-refractivity contribution in [2.45, 2.75) is 27.1 Å². The molecule has 2 N–H and O–H groups in total. The number of phosphoric acid groups is 1. The van der Waals surface area contributed by atoms with Gasteiger partial charge in [-0.05, 0) is 6.92 Å². The Kier molecular flexibility index (Phi) is 4.56. The Morgan fingerprint density at radius 2 is 1.77 bits per heavy atom. The first kappa shape index (κ1) is 12.6. The molecule has 6 nitrogen and oxygen atoms in total. The Morgan fingerprint density at radius 3 is 2.08 bits per heavy atom. The van der Waals surface area contributed by atoms with Crippen LogP contribution < -0.4 is 0 Å². The molecule has 0 rings (SSSR count). The number of carbonyl (C=O) groups is 1. The molecule has 0 bridgehead atoms. The van der Waals surface area contributed by atoms with E-state index in [4.69, 9.17) is 9.79 Å². The molecule has 0 aliphatic heterocycles. The molecule has 7 heteroatoms. The predicted molar refractivity (Wildman–Crippen MR) is 43.5 cm³/mol. The Balaban J connectivity index is 3.95. The van der Waals surface area contributed by atoms with E-state index in [0.29, 0.717) is 0 Å². The predicted octanol–water partition coefficient (Wildman–Crippen LogP) is 0.641. The van der Waals surface area contributed by atoms with Gasteiger partial charge in [0.05, 0.1) is 5.92 Å². The van der Waals surface area contributed by atoms with E-state index in [2.05, 4.69) is 9.26 Å². The molecule has 0 aromatic carbocycles. The molecule has 0 fully saturated rings. The fourth-order valence-electron chi connectivity index (χ4n) is 0.515. The van der Waals surface area contributed by atoms with Gasteiger partial charge in [-0.2, -0.15) is 0 Å². The minimum absolute atomic E-state index is 0.358. The second kappa shape index (κ2) is 4.72. The maximum atomic E-state index is 10.9. The van der Waals surface area contributed by atoms with Crippen molar-refractivity contribution >= 4 is 13.8 Å². The van der Waals surface area contributed by atoms with E-state index in [0.717, 1.165) is 0 Å². The summed E-state index contributed by atoms with van der Waals surface area (Å²) in [6.45, 7) is 4.44. The average molecular weight is 212 g/mol. The van der Waals surface area contributed by atoms with Gasteiger partial charge in [-0.15, -0.1) is 0 Å². The third-order valence-corrected chi connectivity index (χ3v) is 1.61. The van der Waals surface area contributed by atoms with Crippen molar-refractivity contribution in [1.82, 2.24) is 0 Å². The lowest BCUT2D eigenvalue weighted by Crippen LogP contribution is -2.20. The standard InChI is InChI=1S/C6H13O6P/c1-4(2)6(7)11-5(3)12-13(8,9)10/h4-5H,1-3H3,(H2,8,9,10). The molecular weight excluding hydrogens is 199 g/mol. The van der Waals surface area contributed by atoms with Crippen LogP contribution in [0.25, 0.3) is 0 Å². The van der Waals surface area contributed by atoms with Gasteiger partial charge in [-0.3, -0.25) is 4.79 Å². The zero-order valence-corrected chi connectivity index (χ0v) is 8.52. The second-order valence-corrected chi connectivity index (χ2v) is 3.95. The van der Waals surface area contributed by atoms with Gasteiger partial charge in [0.25, 0.3) is 0 Å². The molecule has 0 saturated carbocycles. The fourth-order valence-corrected chi connectivity index (χ4v) is 0.944. The summed E-state index contributed by atoms with van der Waals surface area (Å²) in [5.41, 5.74) is 0. The summed E-state index contributed by atoms with van der Waals surface area (Å²) in [5, 5.41) is 0. The smallest absolute Gasteiger partial charge is 0.435 e. The van der Waals surface area contributed by atoms with Crippen LogP contribution in [-0.4, -0.2) is 22.0 Å². The topological polar surface area (TPSA) is 93.1 Å². The van der Waals surface area contributed by atoms with Crippen molar-refractivity contribution in [3.05, 3.63) is 0 Å². The minimum atomic E-state index is -4.59. The number of rotatable bonds is 4. The summed E-state index contributed by atoms with van der Waals surface area (Å²) in [7, 11) is -4.59. The van der Waals surface area contributed by atoms with Crippen LogP contribution in [0.1, 0.15) is 20.8 Å². The van der Waals surface area contributed by atoms with Gasteiger partial charge in [0.15, 0.2) is 0 Å². The van der Waals surface area contributed by atoms with Crippen molar-refractivity contribution in [2.75, 3.05) is 0 Å². The summed E-state index contributed by atoms with van der Waals surface area (Å²) in [4.78, 5) is 27.6. The molecule has 0 amide bonds. The van der Waals surface area contributed by atoms with Gasteiger partial charge in [-0.25, -0.2) is 9.09 Å². The Morgan fingerprint density at radius 1 is 1.31 bits per heavy atom. The zero-order valence-electron chi connectivity index (χ0n) is 7.63. The van der Waals surface area contributed by atoms with Crippen molar-refractivity contribution < 1.29 is 28.4 Å².